The number of nitrogens with zero attached hydrogens (tertiary/aromatic N) is 5. The van der Waals surface area contributed by atoms with Crippen LogP contribution in [-0.2, 0) is 6.54 Å². The molecule has 0 bridgehead atoms. The first-order valence-corrected chi connectivity index (χ1v) is 9.46. The van der Waals surface area contributed by atoms with Gasteiger partial charge in [0.2, 0.25) is 0 Å². The maximum Gasteiger partial charge on any atom is 0.324 e. The lowest BCUT2D eigenvalue weighted by molar-refractivity contribution is -0.0978. The summed E-state index contributed by atoms with van der Waals surface area (Å²) in [6.45, 7) is 5.50. The van der Waals surface area contributed by atoms with Gasteiger partial charge in [0.15, 0.2) is 0 Å². The highest BCUT2D eigenvalue weighted by atomic mass is 35.5. The van der Waals surface area contributed by atoms with E-state index in [4.69, 9.17) is 16.3 Å². The zero-order valence-electron chi connectivity index (χ0n) is 14.8. The average Bonchev–Trinajstić information content (AvgIpc) is 2.62. The van der Waals surface area contributed by atoms with Crippen LogP contribution in [0.1, 0.15) is 5.69 Å². The molecule has 0 atom stereocenters. The molecule has 3 aliphatic heterocycles. The van der Waals surface area contributed by atoms with Crippen LogP contribution < -0.4 is 9.64 Å². The number of likely N-dealkylation sites (tertiary alicyclic amines) is 2. The van der Waals surface area contributed by atoms with Gasteiger partial charge in [-0.15, -0.1) is 0 Å². The van der Waals surface area contributed by atoms with Gasteiger partial charge in [0.05, 0.1) is 17.9 Å². The number of aromatic nitrogens is 2. The van der Waals surface area contributed by atoms with Crippen LogP contribution in [-0.4, -0.2) is 65.1 Å². The number of hydrogen-bond donors (Lipinski definition) is 0. The molecule has 0 unspecified atom stereocenters. The predicted molar refractivity (Wildman–Crippen MR) is 101 cm³/mol. The largest absolute Gasteiger partial charge is 0.489 e. The first kappa shape index (κ1) is 16.8. The number of urea groups is 1. The Morgan fingerprint density at radius 2 is 2.07 bits per heavy atom. The van der Waals surface area contributed by atoms with E-state index in [1.165, 1.54) is 0 Å². The zero-order valence-corrected chi connectivity index (χ0v) is 15.6. The summed E-state index contributed by atoms with van der Waals surface area (Å²) in [5.41, 5.74) is 2.03. The van der Waals surface area contributed by atoms with Crippen LogP contribution >= 0.6 is 11.6 Å². The van der Waals surface area contributed by atoms with Crippen molar-refractivity contribution < 1.29 is 9.53 Å². The standard InChI is InChI=1S/C19H20ClN5O2/c20-14-1-2-16-17(7-14)27-6-5-25(16)18(26)24-12-19(13-24)10-23(11-19)9-15-8-21-3-4-22-15/h1-4,7-8H,5-6,9-13H2. The minimum absolute atomic E-state index is 0.0554. The highest BCUT2D eigenvalue weighted by Crippen LogP contribution is 2.42. The minimum Gasteiger partial charge on any atom is -0.489 e. The van der Waals surface area contributed by atoms with Crippen molar-refractivity contribution >= 4 is 23.3 Å². The van der Waals surface area contributed by atoms with E-state index >= 15 is 0 Å². The van der Waals surface area contributed by atoms with Gasteiger partial charge < -0.3 is 9.64 Å². The molecule has 8 heteroatoms. The van der Waals surface area contributed by atoms with Gasteiger partial charge in [0.1, 0.15) is 12.4 Å². The average molecular weight is 386 g/mol. The van der Waals surface area contributed by atoms with Crippen molar-refractivity contribution in [2.45, 2.75) is 6.54 Å². The van der Waals surface area contributed by atoms with Crippen LogP contribution in [0.3, 0.4) is 0 Å². The maximum absolute atomic E-state index is 13.0. The highest BCUT2D eigenvalue weighted by molar-refractivity contribution is 6.30. The van der Waals surface area contributed by atoms with Crippen molar-refractivity contribution in [1.82, 2.24) is 19.8 Å². The Hall–Kier alpha value is -2.38. The second-order valence-electron chi connectivity index (χ2n) is 7.59. The van der Waals surface area contributed by atoms with Gasteiger partial charge in [-0.05, 0) is 12.1 Å². The second kappa shape index (κ2) is 6.35. The van der Waals surface area contributed by atoms with E-state index in [1.807, 2.05) is 17.2 Å². The summed E-state index contributed by atoms with van der Waals surface area (Å²) in [4.78, 5) is 27.5. The van der Waals surface area contributed by atoms with Gasteiger partial charge in [-0.3, -0.25) is 19.8 Å². The second-order valence-corrected chi connectivity index (χ2v) is 8.03. The van der Waals surface area contributed by atoms with E-state index < -0.39 is 0 Å². The lowest BCUT2D eigenvalue weighted by Crippen LogP contribution is -2.73. The van der Waals surface area contributed by atoms with Crippen molar-refractivity contribution in [3.05, 3.63) is 47.5 Å². The molecule has 5 rings (SSSR count). The number of hydrogen-bond acceptors (Lipinski definition) is 5. The Morgan fingerprint density at radius 1 is 1.22 bits per heavy atom. The number of carbonyl (C=O) groups excluding carboxylic acids is 1. The van der Waals surface area contributed by atoms with E-state index in [9.17, 15) is 4.79 Å². The minimum atomic E-state index is 0.0554. The Bertz CT molecular complexity index is 864. The van der Waals surface area contributed by atoms with Crippen molar-refractivity contribution in [3.63, 3.8) is 0 Å². The zero-order chi connectivity index (χ0) is 18.4. The van der Waals surface area contributed by atoms with Gasteiger partial charge >= 0.3 is 6.03 Å². The topological polar surface area (TPSA) is 61.8 Å². The van der Waals surface area contributed by atoms with E-state index in [0.29, 0.717) is 23.9 Å². The Balaban J connectivity index is 1.18. The highest BCUT2D eigenvalue weighted by Gasteiger charge is 2.53. The van der Waals surface area contributed by atoms with Crippen molar-refractivity contribution in [2.75, 3.05) is 44.2 Å². The predicted octanol–water partition coefficient (Wildman–Crippen LogP) is 2.27. The number of carbonyl (C=O) groups is 1. The Morgan fingerprint density at radius 3 is 2.85 bits per heavy atom. The fraction of sp³-hybridized carbons (Fsp3) is 0.421. The summed E-state index contributed by atoms with van der Waals surface area (Å²) in [5, 5.41) is 0.614. The fourth-order valence-corrected chi connectivity index (χ4v) is 4.48. The molecule has 2 saturated heterocycles. The molecule has 1 spiro atoms. The van der Waals surface area contributed by atoms with Gasteiger partial charge in [-0.2, -0.15) is 0 Å². The van der Waals surface area contributed by atoms with E-state index in [1.54, 1.807) is 29.4 Å². The summed E-state index contributed by atoms with van der Waals surface area (Å²) >= 11 is 6.03. The molecule has 2 aromatic rings. The SMILES string of the molecule is O=C(N1CC2(CN(Cc3cnccn3)C2)C1)N1CCOc2cc(Cl)ccc21. The number of anilines is 1. The number of ether oxygens (including phenoxy) is 1. The van der Waals surface area contributed by atoms with Crippen molar-refractivity contribution in [3.8, 4) is 5.75 Å². The molecule has 0 N–H and O–H groups in total. The number of halogens is 1. The van der Waals surface area contributed by atoms with Crippen LogP contribution in [0.4, 0.5) is 10.5 Å². The molecule has 1 aromatic heterocycles. The van der Waals surface area contributed by atoms with Crippen molar-refractivity contribution in [1.29, 1.82) is 0 Å². The number of benzene rings is 1. The lowest BCUT2D eigenvalue weighted by Gasteiger charge is -2.60. The summed E-state index contributed by atoms with van der Waals surface area (Å²) in [7, 11) is 0. The first-order valence-electron chi connectivity index (χ1n) is 9.08. The molecular weight excluding hydrogens is 366 g/mol. The molecule has 27 heavy (non-hydrogen) atoms. The Labute approximate surface area is 162 Å². The summed E-state index contributed by atoms with van der Waals surface area (Å²) in [5.74, 6) is 0.677. The van der Waals surface area contributed by atoms with Gasteiger partial charge in [-0.1, -0.05) is 11.6 Å². The van der Waals surface area contributed by atoms with Gasteiger partial charge in [-0.25, -0.2) is 4.79 Å². The molecule has 140 valence electrons. The molecular formula is C19H20ClN5O2. The quantitative estimate of drug-likeness (QED) is 0.793. The van der Waals surface area contributed by atoms with Crippen molar-refractivity contribution in [2.24, 2.45) is 5.41 Å². The van der Waals surface area contributed by atoms with E-state index in [-0.39, 0.29) is 11.4 Å². The number of rotatable bonds is 2. The third-order valence-corrected chi connectivity index (χ3v) is 5.69. The summed E-state index contributed by atoms with van der Waals surface area (Å²) < 4.78 is 5.65. The van der Waals surface area contributed by atoms with Gasteiger partial charge in [0, 0.05) is 67.8 Å². The molecule has 4 heterocycles. The third kappa shape index (κ3) is 3.00. The number of fused-ring (bicyclic) bond motifs is 1. The summed E-state index contributed by atoms with van der Waals surface area (Å²) in [6.07, 6.45) is 5.22. The monoisotopic (exact) mass is 385 g/mol. The summed E-state index contributed by atoms with van der Waals surface area (Å²) in [6, 6.07) is 5.48. The normalized spacial score (nSPS) is 20.5. The molecule has 1 aromatic carbocycles. The van der Waals surface area contributed by atoms with Crippen LogP contribution in [0.15, 0.2) is 36.8 Å². The molecule has 0 aliphatic carbocycles. The van der Waals surface area contributed by atoms with Crippen LogP contribution in [0.25, 0.3) is 0 Å². The molecule has 0 saturated carbocycles. The molecule has 3 aliphatic rings. The smallest absolute Gasteiger partial charge is 0.324 e. The first-order chi connectivity index (χ1) is 13.1. The van der Waals surface area contributed by atoms with Gasteiger partial charge in [0.25, 0.3) is 0 Å². The Kier molecular flexibility index (Phi) is 3.94. The molecule has 7 nitrogen and oxygen atoms in total. The van der Waals surface area contributed by atoms with Crippen LogP contribution in [0, 0.1) is 5.41 Å². The third-order valence-electron chi connectivity index (χ3n) is 5.46. The van der Waals surface area contributed by atoms with Crippen LogP contribution in [0.5, 0.6) is 5.75 Å². The molecule has 2 amide bonds. The van der Waals surface area contributed by atoms with E-state index in [2.05, 4.69) is 14.9 Å². The number of amides is 2. The molecule has 2 fully saturated rings. The van der Waals surface area contributed by atoms with E-state index in [0.717, 1.165) is 44.1 Å². The molecule has 0 radical (unpaired) electrons. The van der Waals surface area contributed by atoms with Crippen LogP contribution in [0.2, 0.25) is 5.02 Å². The maximum atomic E-state index is 13.0. The lowest BCUT2D eigenvalue weighted by atomic mass is 9.73. The fourth-order valence-electron chi connectivity index (χ4n) is 4.32.